The summed E-state index contributed by atoms with van der Waals surface area (Å²) in [4.78, 5) is 0.217. The Morgan fingerprint density at radius 2 is 1.56 bits per heavy atom. The van der Waals surface area contributed by atoms with Crippen molar-refractivity contribution in [2.24, 2.45) is 0 Å². The van der Waals surface area contributed by atoms with Crippen LogP contribution in [0.5, 0.6) is 5.75 Å². The topological polar surface area (TPSA) is 105 Å². The van der Waals surface area contributed by atoms with E-state index in [0.29, 0.717) is 16.7 Å². The van der Waals surface area contributed by atoms with Gasteiger partial charge in [-0.25, -0.2) is 0 Å². The fraction of sp³-hybridized carbons (Fsp3) is 0.136. The van der Waals surface area contributed by atoms with Crippen molar-refractivity contribution >= 4 is 31.0 Å². The van der Waals surface area contributed by atoms with Crippen LogP contribution in [0.2, 0.25) is 0 Å². The highest BCUT2D eigenvalue weighted by atomic mass is 32.2. The van der Waals surface area contributed by atoms with Crippen LogP contribution >= 0.6 is 0 Å². The third-order valence-corrected chi connectivity index (χ3v) is 7.62. The van der Waals surface area contributed by atoms with Gasteiger partial charge in [0.25, 0.3) is 20.1 Å². The van der Waals surface area contributed by atoms with Crippen LogP contribution in [0.15, 0.2) is 88.8 Å². The minimum Gasteiger partial charge on any atom is -0.491 e. The smallest absolute Gasteiger partial charge is 0.297 e. The molecule has 0 aliphatic rings. The van der Waals surface area contributed by atoms with Gasteiger partial charge in [-0.3, -0.25) is 4.18 Å². The van der Waals surface area contributed by atoms with Crippen LogP contribution in [-0.4, -0.2) is 39.2 Å². The number of fused-ring (bicyclic) bond motifs is 1. The number of rotatable bonds is 8. The maximum absolute atomic E-state index is 12.8. The van der Waals surface area contributed by atoms with Crippen molar-refractivity contribution in [1.29, 1.82) is 0 Å². The normalized spacial score (nSPS) is 12.2. The number of benzene rings is 3. The SMILES string of the molecule is Cc1ccc(S(=O)(=O)OCCOc2ccc3c(cnn3S(=O)(=O)c3ccccc3)c2)cc1. The Hall–Kier alpha value is -3.21. The van der Waals surface area contributed by atoms with Crippen molar-refractivity contribution in [2.45, 2.75) is 16.7 Å². The lowest BCUT2D eigenvalue weighted by Crippen LogP contribution is -2.14. The molecule has 1 heterocycles. The van der Waals surface area contributed by atoms with E-state index in [0.717, 1.165) is 9.65 Å². The number of ether oxygens (including phenoxy) is 1. The zero-order valence-electron chi connectivity index (χ0n) is 17.1. The van der Waals surface area contributed by atoms with Crippen LogP contribution in [0.1, 0.15) is 5.56 Å². The summed E-state index contributed by atoms with van der Waals surface area (Å²) in [7, 11) is -7.69. The number of aryl methyl sites for hydroxylation is 1. The molecule has 32 heavy (non-hydrogen) atoms. The first kappa shape index (κ1) is 22.0. The van der Waals surface area contributed by atoms with Crippen molar-refractivity contribution in [2.75, 3.05) is 13.2 Å². The molecule has 0 N–H and O–H groups in total. The van der Waals surface area contributed by atoms with E-state index >= 15 is 0 Å². The molecule has 4 rings (SSSR count). The monoisotopic (exact) mass is 472 g/mol. The molecule has 166 valence electrons. The highest BCUT2D eigenvalue weighted by Crippen LogP contribution is 2.24. The Labute approximate surface area is 186 Å². The molecule has 0 radical (unpaired) electrons. The summed E-state index contributed by atoms with van der Waals surface area (Å²) < 4.78 is 61.6. The third kappa shape index (κ3) is 4.52. The highest BCUT2D eigenvalue weighted by molar-refractivity contribution is 7.90. The molecule has 0 saturated heterocycles. The number of hydrogen-bond donors (Lipinski definition) is 0. The first-order chi connectivity index (χ1) is 15.3. The maximum atomic E-state index is 12.8. The second-order valence-corrected chi connectivity index (χ2v) is 10.3. The Balaban J connectivity index is 1.43. The van der Waals surface area contributed by atoms with Crippen molar-refractivity contribution in [3.05, 3.63) is 84.6 Å². The molecule has 0 amide bonds. The van der Waals surface area contributed by atoms with Crippen molar-refractivity contribution in [3.63, 3.8) is 0 Å². The zero-order chi connectivity index (χ0) is 22.8. The molecule has 0 saturated carbocycles. The van der Waals surface area contributed by atoms with Gasteiger partial charge in [0, 0.05) is 5.39 Å². The lowest BCUT2D eigenvalue weighted by atomic mass is 10.2. The summed E-state index contributed by atoms with van der Waals surface area (Å²) in [5, 5.41) is 4.59. The number of hydrogen-bond acceptors (Lipinski definition) is 7. The average Bonchev–Trinajstić information content (AvgIpc) is 3.22. The molecule has 0 aliphatic heterocycles. The molecule has 3 aromatic carbocycles. The molecule has 0 aliphatic carbocycles. The predicted octanol–water partition coefficient (Wildman–Crippen LogP) is 3.37. The van der Waals surface area contributed by atoms with E-state index in [9.17, 15) is 16.8 Å². The molecule has 8 nitrogen and oxygen atoms in total. The quantitative estimate of drug-likeness (QED) is 0.286. The van der Waals surface area contributed by atoms with Crippen LogP contribution in [-0.2, 0) is 24.3 Å². The standard InChI is InChI=1S/C22H20N2O6S2/c1-17-7-10-21(11-8-17)32(27,28)30-14-13-29-19-9-12-22-18(15-19)16-23-24(22)31(25,26)20-5-3-2-4-6-20/h2-12,15-16H,13-14H2,1H3. The predicted molar refractivity (Wildman–Crippen MR) is 119 cm³/mol. The maximum Gasteiger partial charge on any atom is 0.297 e. The van der Waals surface area contributed by atoms with Gasteiger partial charge in [-0.2, -0.15) is 26.0 Å². The van der Waals surface area contributed by atoms with Crippen LogP contribution in [0.3, 0.4) is 0 Å². The van der Waals surface area contributed by atoms with Gasteiger partial charge in [-0.05, 0) is 49.4 Å². The molecule has 0 atom stereocenters. The fourth-order valence-corrected chi connectivity index (χ4v) is 5.23. The largest absolute Gasteiger partial charge is 0.491 e. The van der Waals surface area contributed by atoms with Gasteiger partial charge in [0.1, 0.15) is 19.0 Å². The second-order valence-electron chi connectivity index (χ2n) is 6.96. The molecule has 4 aromatic rings. The molecule has 0 spiro atoms. The Morgan fingerprint density at radius 3 is 2.28 bits per heavy atom. The van der Waals surface area contributed by atoms with Gasteiger partial charge < -0.3 is 4.74 Å². The number of nitrogens with zero attached hydrogens (tertiary/aromatic N) is 2. The van der Waals surface area contributed by atoms with Crippen LogP contribution in [0.25, 0.3) is 10.9 Å². The Bertz CT molecular complexity index is 1450. The fourth-order valence-electron chi connectivity index (χ4n) is 3.04. The molecule has 1 aromatic heterocycles. The lowest BCUT2D eigenvalue weighted by molar-refractivity contribution is 0.221. The van der Waals surface area contributed by atoms with E-state index in [1.165, 1.54) is 30.5 Å². The summed E-state index contributed by atoms with van der Waals surface area (Å²) in [5.41, 5.74) is 1.35. The minimum atomic E-state index is -3.87. The summed E-state index contributed by atoms with van der Waals surface area (Å²) in [6, 6.07) is 19.2. The third-order valence-electron chi connectivity index (χ3n) is 4.68. The second kappa shape index (κ2) is 8.73. The van der Waals surface area contributed by atoms with Crippen molar-refractivity contribution in [1.82, 2.24) is 9.19 Å². The molecule has 0 fully saturated rings. The zero-order valence-corrected chi connectivity index (χ0v) is 18.7. The first-order valence-corrected chi connectivity index (χ1v) is 12.5. The molecule has 0 bridgehead atoms. The van der Waals surface area contributed by atoms with E-state index in [2.05, 4.69) is 5.10 Å². The van der Waals surface area contributed by atoms with Crippen LogP contribution in [0.4, 0.5) is 0 Å². The molecule has 10 heteroatoms. The Morgan fingerprint density at radius 1 is 0.844 bits per heavy atom. The summed E-state index contributed by atoms with van der Waals surface area (Å²) in [6.07, 6.45) is 1.43. The van der Waals surface area contributed by atoms with Crippen molar-refractivity contribution in [3.8, 4) is 5.75 Å². The lowest BCUT2D eigenvalue weighted by Gasteiger charge is -2.09. The molecular weight excluding hydrogens is 452 g/mol. The summed E-state index contributed by atoms with van der Waals surface area (Å²) in [6.45, 7) is 1.69. The van der Waals surface area contributed by atoms with E-state index in [-0.39, 0.29) is 23.0 Å². The van der Waals surface area contributed by atoms with Crippen molar-refractivity contribution < 1.29 is 25.8 Å². The van der Waals surface area contributed by atoms with Crippen LogP contribution < -0.4 is 4.74 Å². The average molecular weight is 473 g/mol. The molecule has 0 unspecified atom stereocenters. The highest BCUT2D eigenvalue weighted by Gasteiger charge is 2.20. The van der Waals surface area contributed by atoms with Gasteiger partial charge in [0.05, 0.1) is 21.5 Å². The Kier molecular flexibility index (Phi) is 6.00. The van der Waals surface area contributed by atoms with Gasteiger partial charge in [-0.15, -0.1) is 0 Å². The van der Waals surface area contributed by atoms with Gasteiger partial charge >= 0.3 is 0 Å². The van der Waals surface area contributed by atoms with Crippen LogP contribution in [0, 0.1) is 6.92 Å². The molecular formula is C22H20N2O6S2. The van der Waals surface area contributed by atoms with E-state index < -0.39 is 20.1 Å². The van der Waals surface area contributed by atoms with E-state index in [4.69, 9.17) is 8.92 Å². The summed E-state index contributed by atoms with van der Waals surface area (Å²) in [5.74, 6) is 0.436. The van der Waals surface area contributed by atoms with Gasteiger partial charge in [0.2, 0.25) is 0 Å². The first-order valence-electron chi connectivity index (χ1n) is 9.65. The number of aromatic nitrogens is 2. The van der Waals surface area contributed by atoms with E-state index in [1.807, 2.05) is 6.92 Å². The van der Waals surface area contributed by atoms with Gasteiger partial charge in [0.15, 0.2) is 0 Å². The summed E-state index contributed by atoms with van der Waals surface area (Å²) >= 11 is 0. The van der Waals surface area contributed by atoms with Gasteiger partial charge in [-0.1, -0.05) is 35.9 Å². The minimum absolute atomic E-state index is 0.00690. The van der Waals surface area contributed by atoms with E-state index in [1.54, 1.807) is 48.5 Å².